The monoisotopic (exact) mass is 366 g/mol. The molecule has 0 amide bonds. The Labute approximate surface area is 165 Å². The van der Waals surface area contributed by atoms with E-state index >= 15 is 0 Å². The third-order valence-corrected chi connectivity index (χ3v) is 6.14. The van der Waals surface area contributed by atoms with E-state index in [2.05, 4.69) is 83.5 Å². The standard InChI is InChI=1S/C25H36NO/c1-7-20(3)23(26(4,5)6)19-25(24(27)8-2,21-15-11-9-12-16-21)22-17-13-10-14-18-22/h9-18,20,23H,7-8,19H2,1-6H3/q+1/t20-,23-/m1/s1. The molecule has 27 heavy (non-hydrogen) atoms. The molecule has 0 bridgehead atoms. The molecule has 0 aliphatic carbocycles. The predicted octanol–water partition coefficient (Wildman–Crippen LogP) is 5.46. The van der Waals surface area contributed by atoms with E-state index in [1.54, 1.807) is 0 Å². The van der Waals surface area contributed by atoms with Crippen molar-refractivity contribution in [1.82, 2.24) is 0 Å². The average molecular weight is 367 g/mol. The molecule has 2 atom stereocenters. The minimum Gasteiger partial charge on any atom is -0.328 e. The number of carbonyl (C=O) groups is 1. The van der Waals surface area contributed by atoms with Gasteiger partial charge < -0.3 is 4.48 Å². The van der Waals surface area contributed by atoms with Crippen LogP contribution in [0.1, 0.15) is 51.2 Å². The lowest BCUT2D eigenvalue weighted by atomic mass is 9.65. The summed E-state index contributed by atoms with van der Waals surface area (Å²) in [5, 5.41) is 0. The number of benzene rings is 2. The van der Waals surface area contributed by atoms with Crippen LogP contribution in [0.25, 0.3) is 0 Å². The summed E-state index contributed by atoms with van der Waals surface area (Å²) >= 11 is 0. The highest BCUT2D eigenvalue weighted by Crippen LogP contribution is 2.42. The molecule has 2 aromatic carbocycles. The Kier molecular flexibility index (Phi) is 7.00. The van der Waals surface area contributed by atoms with Crippen LogP contribution in [-0.2, 0) is 10.2 Å². The zero-order valence-corrected chi connectivity index (χ0v) is 17.9. The van der Waals surface area contributed by atoms with Gasteiger partial charge >= 0.3 is 0 Å². The van der Waals surface area contributed by atoms with E-state index in [1.807, 2.05) is 19.1 Å². The molecule has 2 heteroatoms. The summed E-state index contributed by atoms with van der Waals surface area (Å²) in [6.07, 6.45) is 2.47. The van der Waals surface area contributed by atoms with Crippen molar-refractivity contribution in [3.05, 3.63) is 71.8 Å². The van der Waals surface area contributed by atoms with Crippen LogP contribution in [0.4, 0.5) is 0 Å². The summed E-state index contributed by atoms with van der Waals surface area (Å²) in [6.45, 7) is 6.57. The van der Waals surface area contributed by atoms with Gasteiger partial charge in [-0.05, 0) is 17.5 Å². The lowest BCUT2D eigenvalue weighted by molar-refractivity contribution is -0.900. The minimum absolute atomic E-state index is 0.307. The molecule has 0 heterocycles. The van der Waals surface area contributed by atoms with Gasteiger partial charge in [-0.2, -0.15) is 0 Å². The average Bonchev–Trinajstić information content (AvgIpc) is 2.68. The molecule has 0 unspecified atom stereocenters. The van der Waals surface area contributed by atoms with E-state index in [1.165, 1.54) is 0 Å². The quantitative estimate of drug-likeness (QED) is 0.538. The third-order valence-electron chi connectivity index (χ3n) is 6.14. The van der Waals surface area contributed by atoms with Crippen LogP contribution < -0.4 is 0 Å². The number of carbonyl (C=O) groups excluding carboxylic acids is 1. The minimum atomic E-state index is -0.600. The van der Waals surface area contributed by atoms with Crippen molar-refractivity contribution in [1.29, 1.82) is 0 Å². The Balaban J connectivity index is 2.73. The van der Waals surface area contributed by atoms with E-state index in [9.17, 15) is 4.79 Å². The lowest BCUT2D eigenvalue weighted by Crippen LogP contribution is -2.53. The van der Waals surface area contributed by atoms with Gasteiger partial charge in [-0.15, -0.1) is 0 Å². The zero-order valence-electron chi connectivity index (χ0n) is 17.9. The zero-order chi connectivity index (χ0) is 20.1. The van der Waals surface area contributed by atoms with Crippen molar-refractivity contribution in [2.75, 3.05) is 21.1 Å². The van der Waals surface area contributed by atoms with Crippen molar-refractivity contribution in [2.24, 2.45) is 5.92 Å². The van der Waals surface area contributed by atoms with Crippen LogP contribution in [0.3, 0.4) is 0 Å². The number of hydrogen-bond donors (Lipinski definition) is 0. The first kappa shape index (κ1) is 21.4. The topological polar surface area (TPSA) is 17.1 Å². The van der Waals surface area contributed by atoms with E-state index < -0.39 is 5.41 Å². The second kappa shape index (κ2) is 8.84. The maximum atomic E-state index is 13.6. The summed E-state index contributed by atoms with van der Waals surface area (Å²) in [5.41, 5.74) is 1.63. The van der Waals surface area contributed by atoms with Crippen LogP contribution >= 0.6 is 0 Å². The van der Waals surface area contributed by atoms with E-state index in [0.717, 1.165) is 28.5 Å². The maximum Gasteiger partial charge on any atom is 0.147 e. The van der Waals surface area contributed by atoms with Gasteiger partial charge in [-0.3, -0.25) is 4.79 Å². The molecule has 2 nitrogen and oxygen atoms in total. The molecular formula is C25H36NO+. The van der Waals surface area contributed by atoms with Gasteiger partial charge in [0, 0.05) is 18.8 Å². The van der Waals surface area contributed by atoms with E-state index in [0.29, 0.717) is 24.2 Å². The van der Waals surface area contributed by atoms with Crippen molar-refractivity contribution in [3.8, 4) is 0 Å². The van der Waals surface area contributed by atoms with Crippen LogP contribution in [-0.4, -0.2) is 37.5 Å². The van der Waals surface area contributed by atoms with Gasteiger partial charge in [0.1, 0.15) is 5.78 Å². The second-order valence-electron chi connectivity index (χ2n) is 8.69. The van der Waals surface area contributed by atoms with Gasteiger partial charge in [-0.1, -0.05) is 81.4 Å². The fourth-order valence-electron chi connectivity index (χ4n) is 4.41. The van der Waals surface area contributed by atoms with Gasteiger partial charge in [0.15, 0.2) is 0 Å². The van der Waals surface area contributed by atoms with Crippen molar-refractivity contribution in [2.45, 2.75) is 51.5 Å². The first-order valence-electron chi connectivity index (χ1n) is 10.2. The lowest BCUT2D eigenvalue weighted by Gasteiger charge is -2.44. The molecule has 0 saturated carbocycles. The molecule has 0 fully saturated rings. The normalized spacial score (nSPS) is 14.6. The molecule has 0 aliphatic heterocycles. The Morgan fingerprint density at radius 1 is 0.889 bits per heavy atom. The van der Waals surface area contributed by atoms with E-state index in [-0.39, 0.29) is 0 Å². The molecular weight excluding hydrogens is 330 g/mol. The number of Topliss-reactive ketones (excluding diaryl/α,β-unsaturated/α-hetero) is 1. The van der Waals surface area contributed by atoms with Crippen LogP contribution in [0.5, 0.6) is 0 Å². The summed E-state index contributed by atoms with van der Waals surface area (Å²) in [4.78, 5) is 13.6. The maximum absolute atomic E-state index is 13.6. The van der Waals surface area contributed by atoms with Crippen molar-refractivity contribution in [3.63, 3.8) is 0 Å². The van der Waals surface area contributed by atoms with Crippen LogP contribution in [0.2, 0.25) is 0 Å². The summed E-state index contributed by atoms with van der Waals surface area (Å²) in [7, 11) is 6.77. The highest BCUT2D eigenvalue weighted by atomic mass is 16.1. The highest BCUT2D eigenvalue weighted by molar-refractivity contribution is 5.93. The molecule has 0 spiro atoms. The number of nitrogens with zero attached hydrogens (tertiary/aromatic N) is 1. The molecule has 0 radical (unpaired) electrons. The first-order chi connectivity index (χ1) is 12.8. The fourth-order valence-corrected chi connectivity index (χ4v) is 4.41. The molecule has 0 aliphatic rings. The van der Waals surface area contributed by atoms with Crippen LogP contribution in [0, 0.1) is 5.92 Å². The summed E-state index contributed by atoms with van der Waals surface area (Å²) in [5.74, 6) is 0.836. The summed E-state index contributed by atoms with van der Waals surface area (Å²) in [6, 6.07) is 21.2. The van der Waals surface area contributed by atoms with Gasteiger partial charge in [-0.25, -0.2) is 0 Å². The number of quaternary nitrogens is 1. The molecule has 0 N–H and O–H groups in total. The third kappa shape index (κ3) is 4.50. The second-order valence-corrected chi connectivity index (χ2v) is 8.69. The Morgan fingerprint density at radius 3 is 1.67 bits per heavy atom. The Hall–Kier alpha value is -1.93. The van der Waals surface area contributed by atoms with Gasteiger partial charge in [0.05, 0.1) is 32.6 Å². The Bertz CT molecular complexity index is 675. The SMILES string of the molecule is CCC(=O)C(C[C@H]([C@H](C)CC)[N+](C)(C)C)(c1ccccc1)c1ccccc1. The molecule has 2 rings (SSSR count). The summed E-state index contributed by atoms with van der Waals surface area (Å²) < 4.78 is 0.855. The first-order valence-corrected chi connectivity index (χ1v) is 10.2. The largest absolute Gasteiger partial charge is 0.328 e. The number of hydrogen-bond acceptors (Lipinski definition) is 1. The fraction of sp³-hybridized carbons (Fsp3) is 0.480. The molecule has 0 aromatic heterocycles. The van der Waals surface area contributed by atoms with E-state index in [4.69, 9.17) is 0 Å². The molecule has 0 saturated heterocycles. The van der Waals surface area contributed by atoms with Crippen molar-refractivity contribution >= 4 is 5.78 Å². The van der Waals surface area contributed by atoms with Gasteiger partial charge in [0.2, 0.25) is 0 Å². The van der Waals surface area contributed by atoms with Crippen LogP contribution in [0.15, 0.2) is 60.7 Å². The predicted molar refractivity (Wildman–Crippen MR) is 115 cm³/mol. The highest BCUT2D eigenvalue weighted by Gasteiger charge is 2.46. The van der Waals surface area contributed by atoms with Gasteiger partial charge in [0.25, 0.3) is 0 Å². The molecule has 2 aromatic rings. The number of ketones is 1. The Morgan fingerprint density at radius 2 is 1.33 bits per heavy atom. The smallest absolute Gasteiger partial charge is 0.147 e. The molecule has 146 valence electrons. The number of rotatable bonds is 9. The van der Waals surface area contributed by atoms with Crippen molar-refractivity contribution < 1.29 is 9.28 Å².